The maximum Gasteiger partial charge on any atom is 0.320 e. The third-order valence-corrected chi connectivity index (χ3v) is 3.50. The molecule has 0 aromatic heterocycles. The number of hydrogen-bond donors (Lipinski definition) is 7. The van der Waals surface area contributed by atoms with Gasteiger partial charge in [-0.3, -0.25) is 10.1 Å². The normalized spacial score (nSPS) is 34.6. The summed E-state index contributed by atoms with van der Waals surface area (Å²) in [6.07, 6.45) is -5.24. The standard InChI is InChI=1S/C12H24N2O7/c13-4-2-1-3-6(12(19)20)14-11-10(18)9(17)8(16)7(5-15)21-11/h6-11,14-18H,1-5,13H2,(H,19,20)/t6?,7-,8-,9+,10-,11-/m1/s1. The second-order valence-corrected chi connectivity index (χ2v) is 5.09. The minimum absolute atomic E-state index is 0.279. The molecule has 0 aliphatic carbocycles. The molecule has 0 saturated carbocycles. The highest BCUT2D eigenvalue weighted by molar-refractivity contribution is 5.73. The van der Waals surface area contributed by atoms with Gasteiger partial charge in [0.05, 0.1) is 6.61 Å². The van der Waals surface area contributed by atoms with Crippen LogP contribution in [0.5, 0.6) is 0 Å². The highest BCUT2D eigenvalue weighted by atomic mass is 16.6. The van der Waals surface area contributed by atoms with Crippen molar-refractivity contribution in [2.45, 2.75) is 55.9 Å². The molecule has 21 heavy (non-hydrogen) atoms. The van der Waals surface area contributed by atoms with Gasteiger partial charge in [0.2, 0.25) is 0 Å². The van der Waals surface area contributed by atoms with Crippen LogP contribution in [0.4, 0.5) is 0 Å². The van der Waals surface area contributed by atoms with Crippen LogP contribution in [-0.2, 0) is 9.53 Å². The Morgan fingerprint density at radius 1 is 1.19 bits per heavy atom. The molecule has 0 aromatic rings. The van der Waals surface area contributed by atoms with Crippen molar-refractivity contribution in [1.82, 2.24) is 5.32 Å². The van der Waals surface area contributed by atoms with Gasteiger partial charge in [0.1, 0.15) is 36.7 Å². The Kier molecular flexibility index (Phi) is 7.46. The molecule has 1 rings (SSSR count). The number of aliphatic hydroxyl groups is 4. The van der Waals surface area contributed by atoms with Crippen LogP contribution in [0.2, 0.25) is 0 Å². The second kappa shape index (κ2) is 8.59. The zero-order valence-corrected chi connectivity index (χ0v) is 11.6. The van der Waals surface area contributed by atoms with E-state index in [1.54, 1.807) is 0 Å². The molecule has 1 fully saturated rings. The van der Waals surface area contributed by atoms with Crippen molar-refractivity contribution in [3.8, 4) is 0 Å². The Balaban J connectivity index is 2.66. The van der Waals surface area contributed by atoms with E-state index >= 15 is 0 Å². The molecule has 124 valence electrons. The molecule has 1 saturated heterocycles. The number of ether oxygens (including phenoxy) is 1. The number of carbonyl (C=O) groups is 1. The Morgan fingerprint density at radius 3 is 2.38 bits per heavy atom. The number of aliphatic hydroxyl groups excluding tert-OH is 4. The molecule has 6 atom stereocenters. The van der Waals surface area contributed by atoms with Crippen LogP contribution >= 0.6 is 0 Å². The number of nitrogens with two attached hydrogens (primary N) is 1. The molecule has 0 aromatic carbocycles. The fraction of sp³-hybridized carbons (Fsp3) is 0.917. The van der Waals surface area contributed by atoms with E-state index in [1.807, 2.05) is 0 Å². The van der Waals surface area contributed by atoms with Crippen LogP contribution in [0.15, 0.2) is 0 Å². The van der Waals surface area contributed by atoms with Gasteiger partial charge in [-0.05, 0) is 19.4 Å². The number of rotatable bonds is 8. The average molecular weight is 308 g/mol. The molecule has 8 N–H and O–H groups in total. The number of carboxylic acid groups (broad SMARTS) is 1. The molecule has 0 radical (unpaired) electrons. The van der Waals surface area contributed by atoms with E-state index in [0.29, 0.717) is 19.4 Å². The van der Waals surface area contributed by atoms with Crippen molar-refractivity contribution >= 4 is 5.97 Å². The lowest BCUT2D eigenvalue weighted by molar-refractivity contribution is -0.238. The lowest BCUT2D eigenvalue weighted by atomic mass is 9.97. The Morgan fingerprint density at radius 2 is 1.86 bits per heavy atom. The number of hydrogen-bond acceptors (Lipinski definition) is 8. The summed E-state index contributed by atoms with van der Waals surface area (Å²) in [5.41, 5.74) is 5.35. The molecule has 0 amide bonds. The van der Waals surface area contributed by atoms with E-state index in [9.17, 15) is 20.1 Å². The van der Waals surface area contributed by atoms with Gasteiger partial charge in [0, 0.05) is 0 Å². The SMILES string of the molecule is NCCCCC(N[C@@H]1O[C@H](CO)[C@@H](O)[C@H](O)[C@H]1O)C(=O)O. The smallest absolute Gasteiger partial charge is 0.320 e. The minimum atomic E-state index is -1.54. The fourth-order valence-corrected chi connectivity index (χ4v) is 2.21. The van der Waals surface area contributed by atoms with Gasteiger partial charge < -0.3 is 36.0 Å². The van der Waals surface area contributed by atoms with Crippen LogP contribution in [0.3, 0.4) is 0 Å². The van der Waals surface area contributed by atoms with Crippen molar-refractivity contribution in [3.05, 3.63) is 0 Å². The highest BCUT2D eigenvalue weighted by Crippen LogP contribution is 2.20. The first-order valence-corrected chi connectivity index (χ1v) is 6.91. The highest BCUT2D eigenvalue weighted by Gasteiger charge is 2.44. The van der Waals surface area contributed by atoms with Crippen molar-refractivity contribution in [2.75, 3.05) is 13.2 Å². The zero-order valence-electron chi connectivity index (χ0n) is 11.6. The first-order valence-electron chi connectivity index (χ1n) is 6.91. The van der Waals surface area contributed by atoms with E-state index in [2.05, 4.69) is 5.32 Å². The van der Waals surface area contributed by atoms with Crippen LogP contribution in [0, 0.1) is 0 Å². The predicted octanol–water partition coefficient (Wildman–Crippen LogP) is -3.04. The first-order chi connectivity index (χ1) is 9.92. The summed E-state index contributed by atoms with van der Waals surface area (Å²) in [5, 5.41) is 49.9. The van der Waals surface area contributed by atoms with Gasteiger partial charge >= 0.3 is 5.97 Å². The first kappa shape index (κ1) is 18.2. The van der Waals surface area contributed by atoms with Gasteiger partial charge in [-0.2, -0.15) is 0 Å². The van der Waals surface area contributed by atoms with Gasteiger partial charge in [-0.15, -0.1) is 0 Å². The number of carboxylic acids is 1. The fourth-order valence-electron chi connectivity index (χ4n) is 2.21. The minimum Gasteiger partial charge on any atom is -0.480 e. The molecule has 0 bridgehead atoms. The van der Waals surface area contributed by atoms with E-state index in [0.717, 1.165) is 0 Å². The van der Waals surface area contributed by atoms with Crippen LogP contribution in [0.1, 0.15) is 19.3 Å². The molecule has 1 unspecified atom stereocenters. The lowest BCUT2D eigenvalue weighted by Crippen LogP contribution is -2.64. The summed E-state index contributed by atoms with van der Waals surface area (Å²) in [4.78, 5) is 11.2. The maximum absolute atomic E-state index is 11.2. The van der Waals surface area contributed by atoms with Crippen molar-refractivity contribution in [3.63, 3.8) is 0 Å². The zero-order chi connectivity index (χ0) is 16.0. The molecule has 1 heterocycles. The van der Waals surface area contributed by atoms with Crippen molar-refractivity contribution in [2.24, 2.45) is 5.73 Å². The quantitative estimate of drug-likeness (QED) is 0.231. The summed E-state index contributed by atoms with van der Waals surface area (Å²) in [7, 11) is 0. The largest absolute Gasteiger partial charge is 0.480 e. The van der Waals surface area contributed by atoms with E-state index in [1.165, 1.54) is 0 Å². The van der Waals surface area contributed by atoms with E-state index < -0.39 is 49.3 Å². The Hall–Kier alpha value is -0.810. The predicted molar refractivity (Wildman–Crippen MR) is 71.2 cm³/mol. The summed E-state index contributed by atoms with van der Waals surface area (Å²) in [6.45, 7) is -0.111. The van der Waals surface area contributed by atoms with Crippen LogP contribution in [-0.4, -0.2) is 81.3 Å². The number of unbranched alkanes of at least 4 members (excludes halogenated alkanes) is 1. The lowest BCUT2D eigenvalue weighted by Gasteiger charge is -2.41. The maximum atomic E-state index is 11.2. The average Bonchev–Trinajstić information content (AvgIpc) is 2.46. The molecule has 9 heteroatoms. The van der Waals surface area contributed by atoms with Gasteiger partial charge in [-0.1, -0.05) is 6.42 Å². The molecule has 0 spiro atoms. The van der Waals surface area contributed by atoms with Crippen molar-refractivity contribution in [1.29, 1.82) is 0 Å². The monoisotopic (exact) mass is 308 g/mol. The summed E-state index contributed by atoms with van der Waals surface area (Å²) in [6, 6.07) is -0.988. The number of aliphatic carboxylic acids is 1. The van der Waals surface area contributed by atoms with E-state index in [-0.39, 0.29) is 6.42 Å². The topological polar surface area (TPSA) is 166 Å². The van der Waals surface area contributed by atoms with E-state index in [4.69, 9.17) is 20.7 Å². The van der Waals surface area contributed by atoms with Crippen LogP contribution < -0.4 is 11.1 Å². The number of nitrogens with one attached hydrogen (secondary N) is 1. The summed E-state index contributed by atoms with van der Waals surface area (Å²) < 4.78 is 5.21. The third kappa shape index (κ3) is 4.85. The Labute approximate surface area is 122 Å². The summed E-state index contributed by atoms with van der Waals surface area (Å²) >= 11 is 0. The van der Waals surface area contributed by atoms with Gasteiger partial charge in [0.15, 0.2) is 0 Å². The molecular formula is C12H24N2O7. The second-order valence-electron chi connectivity index (χ2n) is 5.09. The third-order valence-electron chi connectivity index (χ3n) is 3.50. The summed E-state index contributed by atoms with van der Waals surface area (Å²) in [5.74, 6) is -1.12. The van der Waals surface area contributed by atoms with Gasteiger partial charge in [0.25, 0.3) is 0 Å². The van der Waals surface area contributed by atoms with Gasteiger partial charge in [-0.25, -0.2) is 0 Å². The van der Waals surface area contributed by atoms with Crippen LogP contribution in [0.25, 0.3) is 0 Å². The van der Waals surface area contributed by atoms with Crippen molar-refractivity contribution < 1.29 is 35.1 Å². The molecular weight excluding hydrogens is 284 g/mol. The molecule has 1 aliphatic rings. The molecule has 1 aliphatic heterocycles. The Bertz CT molecular complexity index is 329. The molecule has 9 nitrogen and oxygen atoms in total.